The first kappa shape index (κ1) is 15.2. The van der Waals surface area contributed by atoms with Crippen LogP contribution >= 0.6 is 0 Å². The van der Waals surface area contributed by atoms with E-state index in [4.69, 9.17) is 0 Å². The summed E-state index contributed by atoms with van der Waals surface area (Å²) >= 11 is 0. The Bertz CT molecular complexity index is 975. The number of fused-ring (bicyclic) bond motifs is 1. The van der Waals surface area contributed by atoms with Gasteiger partial charge in [0.05, 0.1) is 9.79 Å². The molecule has 2 aromatic carbocycles. The number of rotatable bonds is 3. The Balaban J connectivity index is 2.09. The number of benzene rings is 2. The summed E-state index contributed by atoms with van der Waals surface area (Å²) in [5.74, 6) is -0.206. The molecule has 0 fully saturated rings. The molecular formula is C17H14N2O3S. The van der Waals surface area contributed by atoms with E-state index in [0.29, 0.717) is 11.1 Å². The van der Waals surface area contributed by atoms with Gasteiger partial charge in [-0.1, -0.05) is 12.1 Å². The molecule has 0 aliphatic rings. The van der Waals surface area contributed by atoms with E-state index in [9.17, 15) is 13.2 Å². The Morgan fingerprint density at radius 1 is 1.04 bits per heavy atom. The van der Waals surface area contributed by atoms with Gasteiger partial charge < -0.3 is 5.32 Å². The third kappa shape index (κ3) is 2.93. The molecule has 23 heavy (non-hydrogen) atoms. The Morgan fingerprint density at radius 3 is 2.48 bits per heavy atom. The van der Waals surface area contributed by atoms with Crippen molar-refractivity contribution in [1.29, 1.82) is 0 Å². The van der Waals surface area contributed by atoms with E-state index < -0.39 is 9.84 Å². The van der Waals surface area contributed by atoms with Gasteiger partial charge in [0.25, 0.3) is 0 Å². The fourth-order valence-electron chi connectivity index (χ4n) is 2.37. The predicted molar refractivity (Wildman–Crippen MR) is 87.9 cm³/mol. The highest BCUT2D eigenvalue weighted by Gasteiger charge is 2.20. The van der Waals surface area contributed by atoms with Gasteiger partial charge in [0.1, 0.15) is 0 Å². The molecule has 1 aromatic heterocycles. The normalized spacial score (nSPS) is 11.3. The van der Waals surface area contributed by atoms with Gasteiger partial charge >= 0.3 is 0 Å². The monoisotopic (exact) mass is 326 g/mol. The van der Waals surface area contributed by atoms with Gasteiger partial charge in [-0.25, -0.2) is 8.42 Å². The van der Waals surface area contributed by atoms with E-state index in [-0.39, 0.29) is 15.7 Å². The molecule has 1 N–H and O–H groups in total. The van der Waals surface area contributed by atoms with Gasteiger partial charge in [0.2, 0.25) is 15.7 Å². The van der Waals surface area contributed by atoms with Gasteiger partial charge in [-0.3, -0.25) is 9.78 Å². The van der Waals surface area contributed by atoms with Crippen molar-refractivity contribution < 1.29 is 13.2 Å². The smallest absolute Gasteiger partial charge is 0.221 e. The molecule has 5 nitrogen and oxygen atoms in total. The summed E-state index contributed by atoms with van der Waals surface area (Å²) in [5.41, 5.74) is 0.554. The summed E-state index contributed by atoms with van der Waals surface area (Å²) in [5, 5.41) is 4.01. The number of amides is 1. The molecule has 1 amide bonds. The van der Waals surface area contributed by atoms with E-state index in [1.54, 1.807) is 42.7 Å². The van der Waals surface area contributed by atoms with Crippen molar-refractivity contribution in [3.05, 3.63) is 60.9 Å². The quantitative estimate of drug-likeness (QED) is 0.802. The molecule has 0 spiro atoms. The Kier molecular flexibility index (Phi) is 3.83. The van der Waals surface area contributed by atoms with E-state index in [1.807, 2.05) is 6.07 Å². The zero-order valence-electron chi connectivity index (χ0n) is 12.4. The fourth-order valence-corrected chi connectivity index (χ4v) is 3.86. The number of hydrogen-bond donors (Lipinski definition) is 1. The van der Waals surface area contributed by atoms with Gasteiger partial charge in [-0.05, 0) is 36.4 Å². The lowest BCUT2D eigenvalue weighted by atomic mass is 10.2. The average Bonchev–Trinajstić information content (AvgIpc) is 2.54. The van der Waals surface area contributed by atoms with Crippen LogP contribution in [0.2, 0.25) is 0 Å². The second-order valence-electron chi connectivity index (χ2n) is 5.06. The van der Waals surface area contributed by atoms with Crippen molar-refractivity contribution >= 4 is 32.2 Å². The van der Waals surface area contributed by atoms with Gasteiger partial charge in [0, 0.05) is 35.8 Å². The summed E-state index contributed by atoms with van der Waals surface area (Å²) in [6, 6.07) is 12.9. The maximum atomic E-state index is 12.9. The molecule has 0 aliphatic heterocycles. The molecule has 0 atom stereocenters. The number of sulfone groups is 1. The van der Waals surface area contributed by atoms with E-state index >= 15 is 0 Å². The minimum Gasteiger partial charge on any atom is -0.326 e. The maximum absolute atomic E-state index is 12.9. The molecule has 0 saturated carbocycles. The first-order valence-corrected chi connectivity index (χ1v) is 8.42. The molecule has 1 heterocycles. The highest BCUT2D eigenvalue weighted by atomic mass is 32.2. The standard InChI is InChI=1S/C17H14N2O3S/c1-12(20)19-14-5-7-15(8-6-14)23(21,22)17-4-2-3-13-11-18-10-9-16(13)17/h2-11H,1H3,(H,19,20). The number of carbonyl (C=O) groups excluding carboxylic acids is 1. The van der Waals surface area contributed by atoms with Crippen LogP contribution in [-0.2, 0) is 14.6 Å². The van der Waals surface area contributed by atoms with Crippen LogP contribution in [-0.4, -0.2) is 19.3 Å². The van der Waals surface area contributed by atoms with Crippen LogP contribution in [0.5, 0.6) is 0 Å². The molecular weight excluding hydrogens is 312 g/mol. The lowest BCUT2D eigenvalue weighted by Gasteiger charge is -2.09. The van der Waals surface area contributed by atoms with Crippen LogP contribution in [0.15, 0.2) is 70.7 Å². The van der Waals surface area contributed by atoms with Crippen LogP contribution in [0, 0.1) is 0 Å². The second-order valence-corrected chi connectivity index (χ2v) is 6.98. The van der Waals surface area contributed by atoms with Crippen molar-refractivity contribution in [2.45, 2.75) is 16.7 Å². The number of pyridine rings is 1. The van der Waals surface area contributed by atoms with E-state index in [2.05, 4.69) is 10.3 Å². The summed E-state index contributed by atoms with van der Waals surface area (Å²) < 4.78 is 25.7. The molecule has 0 saturated heterocycles. The Morgan fingerprint density at radius 2 is 1.78 bits per heavy atom. The summed E-state index contributed by atoms with van der Waals surface area (Å²) in [4.78, 5) is 15.5. The first-order chi connectivity index (χ1) is 11.0. The summed E-state index contributed by atoms with van der Waals surface area (Å²) in [6.07, 6.45) is 3.20. The third-order valence-electron chi connectivity index (χ3n) is 3.42. The number of nitrogens with one attached hydrogen (secondary N) is 1. The van der Waals surface area contributed by atoms with Crippen molar-refractivity contribution in [2.24, 2.45) is 0 Å². The van der Waals surface area contributed by atoms with Crippen molar-refractivity contribution in [3.8, 4) is 0 Å². The minimum atomic E-state index is -3.65. The minimum absolute atomic E-state index is 0.177. The molecule has 0 radical (unpaired) electrons. The maximum Gasteiger partial charge on any atom is 0.221 e. The molecule has 6 heteroatoms. The Labute approximate surface area is 133 Å². The van der Waals surface area contributed by atoms with E-state index in [1.165, 1.54) is 19.1 Å². The van der Waals surface area contributed by atoms with Crippen molar-refractivity contribution in [2.75, 3.05) is 5.32 Å². The number of nitrogens with zero attached hydrogens (tertiary/aromatic N) is 1. The SMILES string of the molecule is CC(=O)Nc1ccc(S(=O)(=O)c2cccc3cnccc23)cc1. The highest BCUT2D eigenvalue weighted by molar-refractivity contribution is 7.91. The molecule has 3 aromatic rings. The second kappa shape index (κ2) is 5.81. The van der Waals surface area contributed by atoms with Crippen LogP contribution in [0.3, 0.4) is 0 Å². The predicted octanol–water partition coefficient (Wildman–Crippen LogP) is 3.03. The zero-order valence-corrected chi connectivity index (χ0v) is 13.2. The largest absolute Gasteiger partial charge is 0.326 e. The van der Waals surface area contributed by atoms with Crippen LogP contribution < -0.4 is 5.32 Å². The number of hydrogen-bond acceptors (Lipinski definition) is 4. The Hall–Kier alpha value is -2.73. The van der Waals surface area contributed by atoms with Gasteiger partial charge in [-0.15, -0.1) is 0 Å². The van der Waals surface area contributed by atoms with Gasteiger partial charge in [-0.2, -0.15) is 0 Å². The highest BCUT2D eigenvalue weighted by Crippen LogP contribution is 2.28. The van der Waals surface area contributed by atoms with Crippen LogP contribution in [0.1, 0.15) is 6.92 Å². The lowest BCUT2D eigenvalue weighted by molar-refractivity contribution is -0.114. The first-order valence-electron chi connectivity index (χ1n) is 6.94. The van der Waals surface area contributed by atoms with Crippen LogP contribution in [0.4, 0.5) is 5.69 Å². The molecule has 3 rings (SSSR count). The number of anilines is 1. The van der Waals surface area contributed by atoms with Crippen molar-refractivity contribution in [1.82, 2.24) is 4.98 Å². The van der Waals surface area contributed by atoms with E-state index in [0.717, 1.165) is 5.39 Å². The molecule has 0 unspecified atom stereocenters. The molecule has 0 bridgehead atoms. The number of carbonyl (C=O) groups is 1. The topological polar surface area (TPSA) is 76.1 Å². The number of aromatic nitrogens is 1. The zero-order chi connectivity index (χ0) is 16.4. The fraction of sp³-hybridized carbons (Fsp3) is 0.0588. The third-order valence-corrected chi connectivity index (χ3v) is 5.24. The van der Waals surface area contributed by atoms with Gasteiger partial charge in [0.15, 0.2) is 0 Å². The average molecular weight is 326 g/mol. The summed E-state index contributed by atoms with van der Waals surface area (Å²) in [7, 11) is -3.65. The lowest BCUT2D eigenvalue weighted by Crippen LogP contribution is -2.07. The molecule has 0 aliphatic carbocycles. The van der Waals surface area contributed by atoms with Crippen molar-refractivity contribution in [3.63, 3.8) is 0 Å². The van der Waals surface area contributed by atoms with Crippen LogP contribution in [0.25, 0.3) is 10.8 Å². The summed E-state index contributed by atoms with van der Waals surface area (Å²) in [6.45, 7) is 1.40. The molecule has 116 valence electrons.